The van der Waals surface area contributed by atoms with Crippen molar-refractivity contribution in [3.8, 4) is 17.0 Å². The number of halogens is 1. The topological polar surface area (TPSA) is 77.0 Å². The van der Waals surface area contributed by atoms with Crippen LogP contribution in [0.15, 0.2) is 55.1 Å². The molecule has 0 saturated carbocycles. The molecule has 1 aromatic carbocycles. The number of methoxy groups -OCH3 is 1. The van der Waals surface area contributed by atoms with Gasteiger partial charge in [-0.05, 0) is 18.2 Å². The predicted molar refractivity (Wildman–Crippen MR) is 91.2 cm³/mol. The summed E-state index contributed by atoms with van der Waals surface area (Å²) in [4.78, 5) is 24.6. The summed E-state index contributed by atoms with van der Waals surface area (Å²) in [5.41, 5.74) is 2.10. The van der Waals surface area contributed by atoms with Crippen molar-refractivity contribution in [1.82, 2.24) is 15.0 Å². The number of carbonyl (C=O) groups excluding carboxylic acids is 1. The van der Waals surface area contributed by atoms with Crippen molar-refractivity contribution in [3.63, 3.8) is 0 Å². The van der Waals surface area contributed by atoms with Gasteiger partial charge in [-0.15, -0.1) is 0 Å². The SMILES string of the molecule is COc1ccncc1NC(=O)c1cc(-c2cccc(Cl)c2)ncn1. The second-order valence-electron chi connectivity index (χ2n) is 4.83. The quantitative estimate of drug-likeness (QED) is 0.787. The van der Waals surface area contributed by atoms with Gasteiger partial charge in [-0.2, -0.15) is 0 Å². The minimum Gasteiger partial charge on any atom is -0.494 e. The van der Waals surface area contributed by atoms with Gasteiger partial charge in [0.15, 0.2) is 0 Å². The first kappa shape index (κ1) is 15.9. The van der Waals surface area contributed by atoms with Crippen molar-refractivity contribution in [2.45, 2.75) is 0 Å². The van der Waals surface area contributed by atoms with Crippen LogP contribution < -0.4 is 10.1 Å². The van der Waals surface area contributed by atoms with Crippen molar-refractivity contribution >= 4 is 23.2 Å². The zero-order valence-electron chi connectivity index (χ0n) is 12.7. The van der Waals surface area contributed by atoms with Crippen LogP contribution in [0.4, 0.5) is 5.69 Å². The Labute approximate surface area is 143 Å². The Bertz CT molecular complexity index is 886. The number of hydrogen-bond acceptors (Lipinski definition) is 5. The van der Waals surface area contributed by atoms with E-state index in [-0.39, 0.29) is 11.6 Å². The molecule has 2 heterocycles. The molecule has 3 aromatic rings. The summed E-state index contributed by atoms with van der Waals surface area (Å²) < 4.78 is 5.19. The molecule has 0 aliphatic heterocycles. The summed E-state index contributed by atoms with van der Waals surface area (Å²) in [6.45, 7) is 0. The average molecular weight is 341 g/mol. The van der Waals surface area contributed by atoms with Crippen LogP contribution in [0.25, 0.3) is 11.3 Å². The van der Waals surface area contributed by atoms with E-state index in [0.29, 0.717) is 22.2 Å². The first-order chi connectivity index (χ1) is 11.7. The Hall–Kier alpha value is -2.99. The van der Waals surface area contributed by atoms with Gasteiger partial charge in [0.05, 0.1) is 19.0 Å². The Morgan fingerprint density at radius 1 is 1.21 bits per heavy atom. The number of nitrogens with zero attached hydrogens (tertiary/aromatic N) is 3. The molecule has 0 atom stereocenters. The van der Waals surface area contributed by atoms with E-state index < -0.39 is 0 Å². The van der Waals surface area contributed by atoms with Crippen LogP contribution >= 0.6 is 11.6 Å². The fourth-order valence-corrected chi connectivity index (χ4v) is 2.32. The molecule has 0 saturated heterocycles. The molecule has 1 amide bonds. The Balaban J connectivity index is 1.87. The van der Waals surface area contributed by atoms with Gasteiger partial charge in [-0.3, -0.25) is 9.78 Å². The molecule has 1 N–H and O–H groups in total. The summed E-state index contributed by atoms with van der Waals surface area (Å²) in [5, 5.41) is 3.32. The fourth-order valence-electron chi connectivity index (χ4n) is 2.13. The normalized spacial score (nSPS) is 10.2. The number of ether oxygens (including phenoxy) is 1. The lowest BCUT2D eigenvalue weighted by Gasteiger charge is -2.09. The van der Waals surface area contributed by atoms with E-state index in [1.165, 1.54) is 19.6 Å². The highest BCUT2D eigenvalue weighted by molar-refractivity contribution is 6.30. The van der Waals surface area contributed by atoms with E-state index in [1.54, 1.807) is 30.5 Å². The molecule has 0 fully saturated rings. The van der Waals surface area contributed by atoms with Crippen molar-refractivity contribution in [2.75, 3.05) is 12.4 Å². The lowest BCUT2D eigenvalue weighted by molar-refractivity contribution is 0.102. The Morgan fingerprint density at radius 3 is 2.88 bits per heavy atom. The van der Waals surface area contributed by atoms with Gasteiger partial charge in [0.25, 0.3) is 5.91 Å². The van der Waals surface area contributed by atoms with E-state index in [0.717, 1.165) is 5.56 Å². The minimum atomic E-state index is -0.382. The van der Waals surface area contributed by atoms with Crippen LogP contribution in [0.3, 0.4) is 0 Å². The first-order valence-corrected chi connectivity index (χ1v) is 7.42. The zero-order chi connectivity index (χ0) is 16.9. The Morgan fingerprint density at radius 2 is 2.08 bits per heavy atom. The number of benzene rings is 1. The number of hydrogen-bond donors (Lipinski definition) is 1. The standard InChI is InChI=1S/C17H13ClN4O2/c1-24-16-5-6-19-9-15(16)22-17(23)14-8-13(20-10-21-14)11-3-2-4-12(18)7-11/h2-10H,1H3,(H,22,23). The monoisotopic (exact) mass is 340 g/mol. The molecule has 0 spiro atoms. The number of amides is 1. The van der Waals surface area contributed by atoms with E-state index >= 15 is 0 Å². The highest BCUT2D eigenvalue weighted by atomic mass is 35.5. The molecule has 2 aromatic heterocycles. The fraction of sp³-hybridized carbons (Fsp3) is 0.0588. The molecule has 120 valence electrons. The van der Waals surface area contributed by atoms with Gasteiger partial charge in [0, 0.05) is 22.8 Å². The number of pyridine rings is 1. The highest BCUT2D eigenvalue weighted by Crippen LogP contribution is 2.23. The Kier molecular flexibility index (Phi) is 4.67. The van der Waals surface area contributed by atoms with Crippen molar-refractivity contribution in [1.29, 1.82) is 0 Å². The van der Waals surface area contributed by atoms with Crippen LogP contribution in [0.1, 0.15) is 10.5 Å². The van der Waals surface area contributed by atoms with Crippen LogP contribution in [0.2, 0.25) is 5.02 Å². The number of rotatable bonds is 4. The molecule has 0 aliphatic rings. The summed E-state index contributed by atoms with van der Waals surface area (Å²) >= 11 is 5.99. The molecular formula is C17H13ClN4O2. The van der Waals surface area contributed by atoms with Crippen molar-refractivity contribution < 1.29 is 9.53 Å². The highest BCUT2D eigenvalue weighted by Gasteiger charge is 2.12. The summed E-state index contributed by atoms with van der Waals surface area (Å²) in [5.74, 6) is 0.134. The van der Waals surface area contributed by atoms with Gasteiger partial charge in [-0.1, -0.05) is 23.7 Å². The maximum absolute atomic E-state index is 12.4. The van der Waals surface area contributed by atoms with Crippen molar-refractivity contribution in [3.05, 3.63) is 65.8 Å². The predicted octanol–water partition coefficient (Wildman–Crippen LogP) is 3.45. The number of aromatic nitrogens is 3. The molecular weight excluding hydrogens is 328 g/mol. The van der Waals surface area contributed by atoms with Crippen molar-refractivity contribution in [2.24, 2.45) is 0 Å². The van der Waals surface area contributed by atoms with Crippen LogP contribution in [-0.2, 0) is 0 Å². The maximum Gasteiger partial charge on any atom is 0.274 e. The minimum absolute atomic E-state index is 0.228. The largest absolute Gasteiger partial charge is 0.494 e. The molecule has 6 nitrogen and oxygen atoms in total. The number of carbonyl (C=O) groups is 1. The maximum atomic E-state index is 12.4. The molecule has 24 heavy (non-hydrogen) atoms. The summed E-state index contributed by atoms with van der Waals surface area (Å²) in [6, 6.07) is 10.5. The molecule has 0 bridgehead atoms. The molecule has 0 radical (unpaired) electrons. The van der Waals surface area contributed by atoms with E-state index in [9.17, 15) is 4.79 Å². The summed E-state index contributed by atoms with van der Waals surface area (Å²) in [6.07, 6.45) is 4.43. The molecule has 0 unspecified atom stereocenters. The van der Waals surface area contributed by atoms with Gasteiger partial charge in [-0.25, -0.2) is 9.97 Å². The van der Waals surface area contributed by atoms with E-state index in [1.807, 2.05) is 12.1 Å². The van der Waals surface area contributed by atoms with Crippen LogP contribution in [0.5, 0.6) is 5.75 Å². The molecule has 7 heteroatoms. The van der Waals surface area contributed by atoms with E-state index in [2.05, 4.69) is 20.3 Å². The van der Waals surface area contributed by atoms with Gasteiger partial charge in [0.2, 0.25) is 0 Å². The van der Waals surface area contributed by atoms with Crippen LogP contribution in [0, 0.1) is 0 Å². The second-order valence-corrected chi connectivity index (χ2v) is 5.27. The second kappa shape index (κ2) is 7.06. The van der Waals surface area contributed by atoms with Gasteiger partial charge in [0.1, 0.15) is 23.5 Å². The third-order valence-electron chi connectivity index (χ3n) is 3.27. The third kappa shape index (κ3) is 3.49. The number of anilines is 1. The lowest BCUT2D eigenvalue weighted by atomic mass is 10.1. The summed E-state index contributed by atoms with van der Waals surface area (Å²) in [7, 11) is 1.52. The number of nitrogens with one attached hydrogen (secondary N) is 1. The zero-order valence-corrected chi connectivity index (χ0v) is 13.5. The molecule has 3 rings (SSSR count). The van der Waals surface area contributed by atoms with Crippen LogP contribution in [-0.4, -0.2) is 28.0 Å². The third-order valence-corrected chi connectivity index (χ3v) is 3.50. The first-order valence-electron chi connectivity index (χ1n) is 7.04. The van der Waals surface area contributed by atoms with Gasteiger partial charge < -0.3 is 10.1 Å². The van der Waals surface area contributed by atoms with Gasteiger partial charge >= 0.3 is 0 Å². The smallest absolute Gasteiger partial charge is 0.274 e. The molecule has 0 aliphatic carbocycles. The lowest BCUT2D eigenvalue weighted by Crippen LogP contribution is -2.14. The van der Waals surface area contributed by atoms with E-state index in [4.69, 9.17) is 16.3 Å². The average Bonchev–Trinajstić information content (AvgIpc) is 2.62.